The zero-order chi connectivity index (χ0) is 13.0. The Balaban J connectivity index is 1.90. The Bertz CT molecular complexity index is 422. The van der Waals surface area contributed by atoms with E-state index in [0.29, 0.717) is 11.7 Å². The predicted molar refractivity (Wildman–Crippen MR) is 75.1 cm³/mol. The number of thioether (sulfide) groups is 1. The highest BCUT2D eigenvalue weighted by Crippen LogP contribution is 2.33. The SMILES string of the molecule is N[C@H](CSCC1CCCc2ccccc21)C(=O)O. The third kappa shape index (κ3) is 3.27. The maximum absolute atomic E-state index is 10.6. The van der Waals surface area contributed by atoms with Gasteiger partial charge in [-0.25, -0.2) is 0 Å². The van der Waals surface area contributed by atoms with E-state index in [2.05, 4.69) is 24.3 Å². The minimum absolute atomic E-state index is 0.494. The lowest BCUT2D eigenvalue weighted by Crippen LogP contribution is -2.32. The summed E-state index contributed by atoms with van der Waals surface area (Å²) < 4.78 is 0. The average Bonchev–Trinajstić information content (AvgIpc) is 2.38. The first kappa shape index (κ1) is 13.4. The van der Waals surface area contributed by atoms with Crippen molar-refractivity contribution in [3.8, 4) is 0 Å². The van der Waals surface area contributed by atoms with Crippen LogP contribution in [0.15, 0.2) is 24.3 Å². The maximum atomic E-state index is 10.6. The Morgan fingerprint density at radius 3 is 3.06 bits per heavy atom. The topological polar surface area (TPSA) is 63.3 Å². The molecule has 2 atom stereocenters. The lowest BCUT2D eigenvalue weighted by atomic mass is 9.84. The van der Waals surface area contributed by atoms with Crippen molar-refractivity contribution in [3.63, 3.8) is 0 Å². The van der Waals surface area contributed by atoms with Gasteiger partial charge < -0.3 is 10.8 Å². The van der Waals surface area contributed by atoms with Gasteiger partial charge in [0.15, 0.2) is 0 Å². The van der Waals surface area contributed by atoms with Gasteiger partial charge in [-0.2, -0.15) is 11.8 Å². The fourth-order valence-electron chi connectivity index (χ4n) is 2.44. The number of benzene rings is 1. The Hall–Kier alpha value is -1.00. The van der Waals surface area contributed by atoms with Crippen molar-refractivity contribution in [1.29, 1.82) is 0 Å². The second-order valence-electron chi connectivity index (χ2n) is 4.77. The molecule has 0 bridgehead atoms. The van der Waals surface area contributed by atoms with Crippen LogP contribution in [0.3, 0.4) is 0 Å². The fourth-order valence-corrected chi connectivity index (χ4v) is 3.60. The van der Waals surface area contributed by atoms with Gasteiger partial charge >= 0.3 is 5.97 Å². The second-order valence-corrected chi connectivity index (χ2v) is 5.85. The first-order valence-electron chi connectivity index (χ1n) is 6.32. The molecule has 3 nitrogen and oxygen atoms in total. The van der Waals surface area contributed by atoms with E-state index < -0.39 is 12.0 Å². The number of carboxylic acids is 1. The van der Waals surface area contributed by atoms with Crippen molar-refractivity contribution < 1.29 is 9.90 Å². The molecule has 98 valence electrons. The second kappa shape index (κ2) is 6.25. The fraction of sp³-hybridized carbons (Fsp3) is 0.500. The highest BCUT2D eigenvalue weighted by molar-refractivity contribution is 7.99. The summed E-state index contributed by atoms with van der Waals surface area (Å²) in [5, 5.41) is 8.74. The number of nitrogens with two attached hydrogens (primary N) is 1. The van der Waals surface area contributed by atoms with Gasteiger partial charge in [-0.05, 0) is 36.3 Å². The molecular weight excluding hydrogens is 246 g/mol. The summed E-state index contributed by atoms with van der Waals surface area (Å²) in [4.78, 5) is 10.6. The zero-order valence-corrected chi connectivity index (χ0v) is 11.2. The standard InChI is InChI=1S/C14H19NO2S/c15-13(14(16)17)9-18-8-11-6-3-5-10-4-1-2-7-12(10)11/h1-2,4,7,11,13H,3,5-6,8-9,15H2,(H,16,17)/t11?,13-/m1/s1. The van der Waals surface area contributed by atoms with E-state index in [1.807, 2.05) is 0 Å². The van der Waals surface area contributed by atoms with Crippen molar-refractivity contribution in [2.75, 3.05) is 11.5 Å². The molecule has 0 spiro atoms. The molecule has 3 N–H and O–H groups in total. The van der Waals surface area contributed by atoms with Crippen LogP contribution in [0.25, 0.3) is 0 Å². The highest BCUT2D eigenvalue weighted by atomic mass is 32.2. The van der Waals surface area contributed by atoms with Crippen molar-refractivity contribution in [3.05, 3.63) is 35.4 Å². The normalized spacial score (nSPS) is 20.2. The summed E-state index contributed by atoms with van der Waals surface area (Å²) in [6.45, 7) is 0. The molecular formula is C14H19NO2S. The van der Waals surface area contributed by atoms with Gasteiger partial charge in [0.2, 0.25) is 0 Å². The summed E-state index contributed by atoms with van der Waals surface area (Å²) >= 11 is 1.65. The van der Waals surface area contributed by atoms with Crippen LogP contribution in [0.1, 0.15) is 29.9 Å². The van der Waals surface area contributed by atoms with Crippen LogP contribution >= 0.6 is 11.8 Å². The van der Waals surface area contributed by atoms with Crippen LogP contribution in [-0.4, -0.2) is 28.6 Å². The molecule has 0 heterocycles. The van der Waals surface area contributed by atoms with Gasteiger partial charge in [-0.3, -0.25) is 4.79 Å². The lowest BCUT2D eigenvalue weighted by molar-refractivity contribution is -0.137. The van der Waals surface area contributed by atoms with E-state index in [4.69, 9.17) is 10.8 Å². The summed E-state index contributed by atoms with van der Waals surface area (Å²) in [6, 6.07) is 7.85. The largest absolute Gasteiger partial charge is 0.480 e. The molecule has 0 fully saturated rings. The average molecular weight is 265 g/mol. The van der Waals surface area contributed by atoms with E-state index in [1.165, 1.54) is 30.4 Å². The van der Waals surface area contributed by atoms with Crippen molar-refractivity contribution in [2.24, 2.45) is 5.73 Å². The Labute approximate surface area is 112 Å². The number of carbonyl (C=O) groups is 1. The number of aryl methyl sites for hydroxylation is 1. The molecule has 0 saturated carbocycles. The van der Waals surface area contributed by atoms with Gasteiger partial charge in [-0.15, -0.1) is 0 Å². The summed E-state index contributed by atoms with van der Waals surface area (Å²) in [5.41, 5.74) is 8.41. The van der Waals surface area contributed by atoms with E-state index >= 15 is 0 Å². The number of hydrogen-bond donors (Lipinski definition) is 2. The third-order valence-electron chi connectivity index (χ3n) is 3.43. The first-order valence-corrected chi connectivity index (χ1v) is 7.48. The summed E-state index contributed by atoms with van der Waals surface area (Å²) in [5.74, 6) is 1.11. The number of hydrogen-bond acceptors (Lipinski definition) is 3. The molecule has 0 aromatic heterocycles. The molecule has 18 heavy (non-hydrogen) atoms. The van der Waals surface area contributed by atoms with Crippen LogP contribution in [-0.2, 0) is 11.2 Å². The van der Waals surface area contributed by atoms with Crippen molar-refractivity contribution >= 4 is 17.7 Å². The van der Waals surface area contributed by atoms with Crippen LogP contribution < -0.4 is 5.73 Å². The lowest BCUT2D eigenvalue weighted by Gasteiger charge is -2.25. The monoisotopic (exact) mass is 265 g/mol. The predicted octanol–water partition coefficient (Wildman–Crippen LogP) is 2.25. The number of rotatable bonds is 5. The number of carboxylic acid groups (broad SMARTS) is 1. The van der Waals surface area contributed by atoms with E-state index in [1.54, 1.807) is 11.8 Å². The molecule has 1 unspecified atom stereocenters. The maximum Gasteiger partial charge on any atom is 0.321 e. The van der Waals surface area contributed by atoms with Crippen LogP contribution in [0.5, 0.6) is 0 Å². The highest BCUT2D eigenvalue weighted by Gasteiger charge is 2.20. The molecule has 0 radical (unpaired) electrons. The zero-order valence-electron chi connectivity index (χ0n) is 10.3. The first-order chi connectivity index (χ1) is 8.68. The van der Waals surface area contributed by atoms with Crippen molar-refractivity contribution in [2.45, 2.75) is 31.2 Å². The van der Waals surface area contributed by atoms with Gasteiger partial charge in [0.1, 0.15) is 6.04 Å². The summed E-state index contributed by atoms with van der Waals surface area (Å²) in [6.07, 6.45) is 3.60. The Kier molecular flexibility index (Phi) is 4.66. The molecule has 1 aliphatic rings. The van der Waals surface area contributed by atoms with Gasteiger partial charge in [-0.1, -0.05) is 24.3 Å². The van der Waals surface area contributed by atoms with E-state index in [9.17, 15) is 4.79 Å². The number of aliphatic carboxylic acids is 1. The molecule has 0 aliphatic heterocycles. The van der Waals surface area contributed by atoms with Crippen LogP contribution in [0.4, 0.5) is 0 Å². The third-order valence-corrected chi connectivity index (χ3v) is 4.66. The van der Waals surface area contributed by atoms with Gasteiger partial charge in [0, 0.05) is 11.5 Å². The van der Waals surface area contributed by atoms with E-state index in [-0.39, 0.29) is 0 Å². The molecule has 0 saturated heterocycles. The Morgan fingerprint density at radius 2 is 2.28 bits per heavy atom. The molecule has 1 aliphatic carbocycles. The Morgan fingerprint density at radius 1 is 1.50 bits per heavy atom. The van der Waals surface area contributed by atoms with Gasteiger partial charge in [0.25, 0.3) is 0 Å². The molecule has 4 heteroatoms. The molecule has 1 aromatic carbocycles. The van der Waals surface area contributed by atoms with Gasteiger partial charge in [0.05, 0.1) is 0 Å². The number of fused-ring (bicyclic) bond motifs is 1. The van der Waals surface area contributed by atoms with Crippen LogP contribution in [0, 0.1) is 0 Å². The molecule has 0 amide bonds. The van der Waals surface area contributed by atoms with Crippen LogP contribution in [0.2, 0.25) is 0 Å². The molecule has 2 rings (SSSR count). The smallest absolute Gasteiger partial charge is 0.321 e. The van der Waals surface area contributed by atoms with E-state index in [0.717, 1.165) is 5.75 Å². The summed E-state index contributed by atoms with van der Waals surface area (Å²) in [7, 11) is 0. The minimum atomic E-state index is -0.911. The van der Waals surface area contributed by atoms with Crippen molar-refractivity contribution in [1.82, 2.24) is 0 Å². The quantitative estimate of drug-likeness (QED) is 0.857. The molecule has 1 aromatic rings. The minimum Gasteiger partial charge on any atom is -0.480 e.